The molecule has 157 valence electrons. The molecule has 0 saturated carbocycles. The summed E-state index contributed by atoms with van der Waals surface area (Å²) >= 11 is 0. The molecule has 0 N–H and O–H groups in total. The lowest BCUT2D eigenvalue weighted by atomic mass is 9.73. The zero-order valence-electron chi connectivity index (χ0n) is 18.9. The van der Waals surface area contributed by atoms with Crippen molar-refractivity contribution in [2.75, 3.05) is 0 Å². The molecular formula is C25H51O. The maximum atomic E-state index is 13.0. The minimum Gasteiger partial charge on any atom is -0.233 e. The molecule has 0 aromatic heterocycles. The quantitative estimate of drug-likeness (QED) is 0.191. The molecule has 0 spiro atoms. The Morgan fingerprint density at radius 3 is 1.31 bits per heavy atom. The molecule has 0 heterocycles. The summed E-state index contributed by atoms with van der Waals surface area (Å²) in [5.74, 6) is 0. The van der Waals surface area contributed by atoms with Crippen molar-refractivity contribution in [1.82, 2.24) is 0 Å². The highest BCUT2D eigenvalue weighted by atomic mass is 16.3. The van der Waals surface area contributed by atoms with Gasteiger partial charge in [-0.05, 0) is 24.7 Å². The normalized spacial score (nSPS) is 13.3. The van der Waals surface area contributed by atoms with Crippen LogP contribution in [0.4, 0.5) is 0 Å². The second-order valence-electron chi connectivity index (χ2n) is 9.03. The van der Waals surface area contributed by atoms with Crippen LogP contribution in [0, 0.1) is 5.41 Å². The first kappa shape index (κ1) is 26.0. The average molecular weight is 368 g/mol. The summed E-state index contributed by atoms with van der Waals surface area (Å²) in [6.45, 7) is 9.12. The lowest BCUT2D eigenvalue weighted by Crippen LogP contribution is -2.31. The minimum atomic E-state index is -0.342. The summed E-state index contributed by atoms with van der Waals surface area (Å²) in [6.07, 6.45) is 23.9. The molecule has 1 heteroatoms. The van der Waals surface area contributed by atoms with Crippen LogP contribution in [0.1, 0.15) is 150 Å². The van der Waals surface area contributed by atoms with Crippen LogP contribution < -0.4 is 0 Å². The van der Waals surface area contributed by atoms with Gasteiger partial charge in [0.25, 0.3) is 0 Å². The van der Waals surface area contributed by atoms with Crippen LogP contribution in [-0.2, 0) is 5.11 Å². The van der Waals surface area contributed by atoms with E-state index >= 15 is 0 Å². The highest BCUT2D eigenvalue weighted by molar-refractivity contribution is 4.82. The van der Waals surface area contributed by atoms with E-state index in [2.05, 4.69) is 27.7 Å². The van der Waals surface area contributed by atoms with E-state index in [9.17, 15) is 5.11 Å². The van der Waals surface area contributed by atoms with Crippen molar-refractivity contribution >= 4 is 0 Å². The predicted molar refractivity (Wildman–Crippen MR) is 117 cm³/mol. The zero-order valence-corrected chi connectivity index (χ0v) is 18.9. The second-order valence-corrected chi connectivity index (χ2v) is 9.03. The highest BCUT2D eigenvalue weighted by Gasteiger charge is 2.32. The largest absolute Gasteiger partial charge is 0.233 e. The van der Waals surface area contributed by atoms with Crippen LogP contribution in [0.2, 0.25) is 0 Å². The first-order valence-electron chi connectivity index (χ1n) is 12.3. The van der Waals surface area contributed by atoms with Gasteiger partial charge in [-0.2, -0.15) is 0 Å². The van der Waals surface area contributed by atoms with Gasteiger partial charge in [-0.15, -0.1) is 0 Å². The molecule has 0 fully saturated rings. The van der Waals surface area contributed by atoms with Crippen LogP contribution in [0.25, 0.3) is 0 Å². The predicted octanol–water partition coefficient (Wildman–Crippen LogP) is 9.26. The molecule has 26 heavy (non-hydrogen) atoms. The Morgan fingerprint density at radius 2 is 0.885 bits per heavy atom. The van der Waals surface area contributed by atoms with Gasteiger partial charge in [0.1, 0.15) is 0 Å². The van der Waals surface area contributed by atoms with Gasteiger partial charge in [-0.1, -0.05) is 130 Å². The van der Waals surface area contributed by atoms with Crippen LogP contribution in [0.5, 0.6) is 0 Å². The first-order chi connectivity index (χ1) is 12.6. The second kappa shape index (κ2) is 18.3. The number of hydrogen-bond donors (Lipinski definition) is 0. The van der Waals surface area contributed by atoms with Crippen molar-refractivity contribution in [3.05, 3.63) is 0 Å². The average Bonchev–Trinajstić information content (AvgIpc) is 2.64. The first-order valence-corrected chi connectivity index (χ1v) is 12.3. The van der Waals surface area contributed by atoms with Crippen molar-refractivity contribution in [1.29, 1.82) is 0 Å². The fourth-order valence-electron chi connectivity index (χ4n) is 4.17. The topological polar surface area (TPSA) is 19.9 Å². The Labute approximate surface area is 166 Å². The molecule has 1 radical (unpaired) electrons. The number of rotatable bonds is 20. The molecule has 1 nitrogen and oxygen atoms in total. The Morgan fingerprint density at radius 1 is 0.538 bits per heavy atom. The van der Waals surface area contributed by atoms with Crippen LogP contribution in [0.3, 0.4) is 0 Å². The van der Waals surface area contributed by atoms with Crippen LogP contribution in [-0.4, -0.2) is 6.10 Å². The molecule has 0 amide bonds. The molecule has 0 aromatic carbocycles. The van der Waals surface area contributed by atoms with E-state index in [4.69, 9.17) is 0 Å². The van der Waals surface area contributed by atoms with E-state index < -0.39 is 0 Å². The standard InChI is InChI=1S/C25H51O/c1-5-8-11-14-16-19-22-25(4,23-20-17-15-12-9-6-2)24(26)21-18-13-10-7-3/h24H,5-23H2,1-4H3. The van der Waals surface area contributed by atoms with Crippen molar-refractivity contribution in [2.45, 2.75) is 156 Å². The molecule has 0 bridgehead atoms. The molecule has 0 saturated heterocycles. The summed E-state index contributed by atoms with van der Waals surface area (Å²) in [6, 6.07) is 0. The SMILES string of the molecule is CCCCCCCCC(C)(CCCCCCCC)C([O])CCCCCC. The lowest BCUT2D eigenvalue weighted by molar-refractivity contribution is -0.0379. The van der Waals surface area contributed by atoms with E-state index in [1.165, 1.54) is 96.3 Å². The minimum absolute atomic E-state index is 0.0434. The maximum Gasteiger partial charge on any atom is 0.0983 e. The van der Waals surface area contributed by atoms with E-state index in [0.29, 0.717) is 0 Å². The molecule has 0 rings (SSSR count). The van der Waals surface area contributed by atoms with Gasteiger partial charge in [-0.3, -0.25) is 0 Å². The maximum absolute atomic E-state index is 13.0. The van der Waals surface area contributed by atoms with Gasteiger partial charge >= 0.3 is 0 Å². The highest BCUT2D eigenvalue weighted by Crippen LogP contribution is 2.37. The van der Waals surface area contributed by atoms with E-state index in [1.807, 2.05) is 0 Å². The van der Waals surface area contributed by atoms with E-state index in [1.54, 1.807) is 0 Å². The summed E-state index contributed by atoms with van der Waals surface area (Å²) < 4.78 is 0. The number of hydrogen-bond acceptors (Lipinski definition) is 0. The third kappa shape index (κ3) is 14.1. The third-order valence-corrected chi connectivity index (χ3v) is 6.30. The fourth-order valence-corrected chi connectivity index (χ4v) is 4.17. The van der Waals surface area contributed by atoms with Gasteiger partial charge < -0.3 is 0 Å². The molecule has 1 unspecified atom stereocenters. The summed E-state index contributed by atoms with van der Waals surface area (Å²) in [5.41, 5.74) is 0.0434. The van der Waals surface area contributed by atoms with E-state index in [0.717, 1.165) is 25.7 Å². The van der Waals surface area contributed by atoms with Crippen molar-refractivity contribution in [3.63, 3.8) is 0 Å². The Hall–Kier alpha value is -0.0400. The summed E-state index contributed by atoms with van der Waals surface area (Å²) in [4.78, 5) is 0. The smallest absolute Gasteiger partial charge is 0.0983 e. The molecule has 0 aromatic rings. The monoisotopic (exact) mass is 367 g/mol. The summed E-state index contributed by atoms with van der Waals surface area (Å²) in [5, 5.41) is 13.0. The molecule has 0 aliphatic rings. The lowest BCUT2D eigenvalue weighted by Gasteiger charge is -2.34. The number of unbranched alkanes of at least 4 members (excludes halogenated alkanes) is 13. The fraction of sp³-hybridized carbons (Fsp3) is 1.00. The van der Waals surface area contributed by atoms with Crippen molar-refractivity contribution in [3.8, 4) is 0 Å². The zero-order chi connectivity index (χ0) is 19.5. The Kier molecular flexibility index (Phi) is 18.3. The van der Waals surface area contributed by atoms with Gasteiger partial charge in [0.05, 0.1) is 6.10 Å². The molecule has 0 aliphatic carbocycles. The van der Waals surface area contributed by atoms with Crippen LogP contribution >= 0.6 is 0 Å². The van der Waals surface area contributed by atoms with Gasteiger partial charge in [0, 0.05) is 0 Å². The molecular weight excluding hydrogens is 316 g/mol. The summed E-state index contributed by atoms with van der Waals surface area (Å²) in [7, 11) is 0. The van der Waals surface area contributed by atoms with E-state index in [-0.39, 0.29) is 11.5 Å². The molecule has 1 atom stereocenters. The van der Waals surface area contributed by atoms with Gasteiger partial charge in [-0.25, -0.2) is 5.11 Å². The van der Waals surface area contributed by atoms with Gasteiger partial charge in [0.2, 0.25) is 0 Å². The third-order valence-electron chi connectivity index (χ3n) is 6.30. The van der Waals surface area contributed by atoms with Crippen LogP contribution in [0.15, 0.2) is 0 Å². The van der Waals surface area contributed by atoms with Crippen molar-refractivity contribution in [2.24, 2.45) is 5.41 Å². The Bertz CT molecular complexity index is 257. The van der Waals surface area contributed by atoms with Crippen molar-refractivity contribution < 1.29 is 5.11 Å². The Balaban J connectivity index is 4.25. The van der Waals surface area contributed by atoms with Gasteiger partial charge in [0.15, 0.2) is 0 Å². The molecule has 0 aliphatic heterocycles.